The van der Waals surface area contributed by atoms with Gasteiger partial charge >= 0.3 is 0 Å². The molecule has 11 heteroatoms. The Morgan fingerprint density at radius 1 is 1.30 bits per heavy atom. The summed E-state index contributed by atoms with van der Waals surface area (Å²) in [5.41, 5.74) is 2.31. The number of nitrogens with zero attached hydrogens (tertiary/aromatic N) is 6. The quantitative estimate of drug-likeness (QED) is 0.472. The van der Waals surface area contributed by atoms with E-state index in [0.29, 0.717) is 27.7 Å². The van der Waals surface area contributed by atoms with Crippen LogP contribution in [-0.4, -0.2) is 49.3 Å². The normalized spacial score (nSPS) is 14.1. The minimum absolute atomic E-state index is 0.121. The third kappa shape index (κ3) is 3.58. The zero-order valence-electron chi connectivity index (χ0n) is 16.1. The monoisotopic (exact) mass is 443 g/mol. The van der Waals surface area contributed by atoms with E-state index in [-0.39, 0.29) is 17.5 Å². The predicted octanol–water partition coefficient (Wildman–Crippen LogP) is 3.51. The highest BCUT2D eigenvalue weighted by Gasteiger charge is 2.20. The van der Waals surface area contributed by atoms with Crippen molar-refractivity contribution >= 4 is 55.8 Å². The van der Waals surface area contributed by atoms with Gasteiger partial charge in [-0.05, 0) is 37.5 Å². The molecule has 4 heterocycles. The number of anilines is 2. The number of fused-ring (bicyclic) bond motifs is 3. The van der Waals surface area contributed by atoms with Gasteiger partial charge in [0.15, 0.2) is 21.6 Å². The molecule has 0 radical (unpaired) electrons. The maximum Gasteiger partial charge on any atom is 0.234 e. The largest absolute Gasteiger partial charge is 0.348 e. The molecule has 1 saturated heterocycles. The smallest absolute Gasteiger partial charge is 0.234 e. The molecule has 0 atom stereocenters. The first-order valence-electron chi connectivity index (χ1n) is 9.52. The molecule has 30 heavy (non-hydrogen) atoms. The molecule has 0 spiro atoms. The van der Waals surface area contributed by atoms with Crippen molar-refractivity contribution in [3.05, 3.63) is 35.9 Å². The Morgan fingerprint density at radius 2 is 2.13 bits per heavy atom. The van der Waals surface area contributed by atoms with Gasteiger partial charge in [-0.15, -0.1) is 10.2 Å². The first-order chi connectivity index (χ1) is 14.6. The Balaban J connectivity index is 1.32. The zero-order valence-corrected chi connectivity index (χ0v) is 17.8. The number of aromatic nitrogens is 5. The summed E-state index contributed by atoms with van der Waals surface area (Å²) < 4.78 is 16.3. The highest BCUT2D eigenvalue weighted by molar-refractivity contribution is 7.99. The second-order valence-electron chi connectivity index (χ2n) is 7.06. The average molecular weight is 444 g/mol. The summed E-state index contributed by atoms with van der Waals surface area (Å²) in [5, 5.41) is 12.7. The van der Waals surface area contributed by atoms with Crippen LogP contribution in [0.15, 0.2) is 29.7 Å². The summed E-state index contributed by atoms with van der Waals surface area (Å²) in [5.74, 6) is -0.476. The molecule has 0 aliphatic carbocycles. The molecule has 1 aromatic carbocycles. The van der Waals surface area contributed by atoms with E-state index in [2.05, 4.69) is 30.4 Å². The van der Waals surface area contributed by atoms with Gasteiger partial charge in [-0.2, -0.15) is 4.98 Å². The van der Waals surface area contributed by atoms with Gasteiger partial charge in [-0.3, -0.25) is 9.20 Å². The minimum Gasteiger partial charge on any atom is -0.348 e. The van der Waals surface area contributed by atoms with Crippen LogP contribution in [0.3, 0.4) is 0 Å². The fourth-order valence-electron chi connectivity index (χ4n) is 3.32. The summed E-state index contributed by atoms with van der Waals surface area (Å²) >= 11 is 2.82. The van der Waals surface area contributed by atoms with E-state index in [0.717, 1.165) is 22.9 Å². The topological polar surface area (TPSA) is 88.3 Å². The molecule has 154 valence electrons. The molecular formula is C19H18FN7OS2. The molecule has 8 nitrogen and oxygen atoms in total. The fraction of sp³-hybridized carbons (Fsp3) is 0.316. The lowest BCUT2D eigenvalue weighted by atomic mass is 10.2. The van der Waals surface area contributed by atoms with E-state index in [4.69, 9.17) is 0 Å². The number of benzene rings is 1. The Kier molecular flexibility index (Phi) is 4.99. The lowest BCUT2D eigenvalue weighted by Crippen LogP contribution is -2.16. The Morgan fingerprint density at radius 3 is 2.93 bits per heavy atom. The van der Waals surface area contributed by atoms with Crippen molar-refractivity contribution in [2.45, 2.75) is 24.9 Å². The number of carbonyl (C=O) groups excluding carboxylic acids is 1. The lowest BCUT2D eigenvalue weighted by Gasteiger charge is -2.11. The molecule has 0 saturated carbocycles. The van der Waals surface area contributed by atoms with Crippen LogP contribution in [-0.2, 0) is 4.79 Å². The van der Waals surface area contributed by atoms with Crippen molar-refractivity contribution in [1.29, 1.82) is 0 Å². The van der Waals surface area contributed by atoms with Crippen molar-refractivity contribution in [2.24, 2.45) is 0 Å². The summed E-state index contributed by atoms with van der Waals surface area (Å²) in [4.78, 5) is 23.6. The molecule has 1 fully saturated rings. The zero-order chi connectivity index (χ0) is 20.7. The highest BCUT2D eigenvalue weighted by Crippen LogP contribution is 2.32. The van der Waals surface area contributed by atoms with Crippen LogP contribution >= 0.6 is 23.1 Å². The highest BCUT2D eigenvalue weighted by atomic mass is 32.2. The molecule has 1 aliphatic heterocycles. The van der Waals surface area contributed by atoms with Gasteiger partial charge in [0, 0.05) is 18.8 Å². The van der Waals surface area contributed by atoms with Gasteiger partial charge in [0.1, 0.15) is 16.8 Å². The van der Waals surface area contributed by atoms with Crippen molar-refractivity contribution in [3.8, 4) is 0 Å². The third-order valence-corrected chi connectivity index (χ3v) is 6.97. The Hall–Kier alpha value is -2.79. The van der Waals surface area contributed by atoms with Crippen LogP contribution in [0.4, 0.5) is 15.2 Å². The van der Waals surface area contributed by atoms with Crippen molar-refractivity contribution < 1.29 is 9.18 Å². The Labute approximate surface area is 179 Å². The van der Waals surface area contributed by atoms with Gasteiger partial charge < -0.3 is 10.2 Å². The molecular weight excluding hydrogens is 425 g/mol. The predicted molar refractivity (Wildman–Crippen MR) is 116 cm³/mol. The molecule has 1 N–H and O–H groups in total. The van der Waals surface area contributed by atoms with Gasteiger partial charge in [-0.1, -0.05) is 29.2 Å². The average Bonchev–Trinajstić information content (AvgIpc) is 3.47. The van der Waals surface area contributed by atoms with Crippen LogP contribution in [0, 0.1) is 12.7 Å². The van der Waals surface area contributed by atoms with Gasteiger partial charge in [0.05, 0.1) is 5.75 Å². The first-order valence-corrected chi connectivity index (χ1v) is 11.3. The molecule has 3 aromatic heterocycles. The number of rotatable bonds is 5. The van der Waals surface area contributed by atoms with Crippen LogP contribution in [0.2, 0.25) is 0 Å². The number of nitrogens with one attached hydrogen (secondary N) is 1. The first kappa shape index (κ1) is 19.2. The molecule has 5 rings (SSSR count). The molecule has 0 unspecified atom stereocenters. The molecule has 1 amide bonds. The standard InChI is InChI=1S/C19H18FN7OS2/c1-11-4-5-12(8-13(11)20)22-14(28)9-29-19-25-24-17-15-16(21-10-27(17)19)23-18(30-15)26-6-2-3-7-26/h4-5,8,10H,2-3,6-7,9H2,1H3,(H,22,28). The van der Waals surface area contributed by atoms with Crippen molar-refractivity contribution in [2.75, 3.05) is 29.1 Å². The van der Waals surface area contributed by atoms with Crippen LogP contribution < -0.4 is 10.2 Å². The minimum atomic E-state index is -0.350. The number of halogens is 1. The molecule has 0 bridgehead atoms. The SMILES string of the molecule is Cc1ccc(NC(=O)CSc2nnc3c4sc(N5CCCC5)nc4ncn23)cc1F. The fourth-order valence-corrected chi connectivity index (χ4v) is 5.07. The second-order valence-corrected chi connectivity index (χ2v) is 8.98. The summed E-state index contributed by atoms with van der Waals surface area (Å²) in [6.07, 6.45) is 4.00. The van der Waals surface area contributed by atoms with Gasteiger partial charge in [0.2, 0.25) is 5.91 Å². The van der Waals surface area contributed by atoms with Gasteiger partial charge in [0.25, 0.3) is 0 Å². The number of carbonyl (C=O) groups is 1. The summed E-state index contributed by atoms with van der Waals surface area (Å²) in [6.45, 7) is 3.71. The third-order valence-electron chi connectivity index (χ3n) is 4.93. The summed E-state index contributed by atoms with van der Waals surface area (Å²) in [7, 11) is 0. The number of thioether (sulfide) groups is 1. The molecule has 4 aromatic rings. The number of hydrogen-bond donors (Lipinski definition) is 1. The number of thiazole rings is 1. The van der Waals surface area contributed by atoms with E-state index in [9.17, 15) is 9.18 Å². The molecule has 1 aliphatic rings. The maximum atomic E-state index is 13.6. The van der Waals surface area contributed by atoms with Crippen LogP contribution in [0.1, 0.15) is 18.4 Å². The second kappa shape index (κ2) is 7.80. The number of aryl methyl sites for hydroxylation is 1. The van der Waals surface area contributed by atoms with E-state index >= 15 is 0 Å². The van der Waals surface area contributed by atoms with Crippen molar-refractivity contribution in [3.63, 3.8) is 0 Å². The number of amides is 1. The van der Waals surface area contributed by atoms with Gasteiger partial charge in [-0.25, -0.2) is 9.37 Å². The lowest BCUT2D eigenvalue weighted by molar-refractivity contribution is -0.113. The van der Waals surface area contributed by atoms with Crippen molar-refractivity contribution in [1.82, 2.24) is 24.6 Å². The van der Waals surface area contributed by atoms with E-state index < -0.39 is 0 Å². The Bertz CT molecular complexity index is 1250. The number of hydrogen-bond acceptors (Lipinski definition) is 8. The van der Waals surface area contributed by atoms with Crippen LogP contribution in [0.5, 0.6) is 0 Å². The maximum absolute atomic E-state index is 13.6. The summed E-state index contributed by atoms with van der Waals surface area (Å²) in [6, 6.07) is 4.62. The van der Waals surface area contributed by atoms with E-state index in [1.54, 1.807) is 41.1 Å². The van der Waals surface area contributed by atoms with E-state index in [1.165, 1.54) is 30.7 Å². The van der Waals surface area contributed by atoms with E-state index in [1.807, 2.05) is 0 Å². The van der Waals surface area contributed by atoms with Crippen LogP contribution in [0.25, 0.3) is 16.0 Å².